The van der Waals surface area contributed by atoms with E-state index in [0.29, 0.717) is 22.6 Å². The normalized spacial score (nSPS) is 12.8. The third kappa shape index (κ3) is 3.65. The van der Waals surface area contributed by atoms with Crippen LogP contribution in [0.2, 0.25) is 10.0 Å². The molecule has 1 atom stereocenters. The first-order chi connectivity index (χ1) is 7.19. The number of hydrogen-bond donors (Lipinski definition) is 1. The molecule has 1 N–H and O–H groups in total. The molecule has 0 saturated heterocycles. The Morgan fingerprint density at radius 3 is 2.60 bits per heavy atom. The average molecular weight is 248 g/mol. The molecule has 1 rings (SSSR count). The van der Waals surface area contributed by atoms with Crippen molar-refractivity contribution in [3.05, 3.63) is 33.8 Å². The van der Waals surface area contributed by atoms with Crippen LogP contribution in [-0.2, 0) is 4.74 Å². The Morgan fingerprint density at radius 2 is 2.07 bits per heavy atom. The molecule has 15 heavy (non-hydrogen) atoms. The van der Waals surface area contributed by atoms with Crippen molar-refractivity contribution in [3.63, 3.8) is 0 Å². The fourth-order valence-corrected chi connectivity index (χ4v) is 1.79. The van der Waals surface area contributed by atoms with Crippen LogP contribution in [0, 0.1) is 0 Å². The zero-order valence-corrected chi connectivity index (χ0v) is 10.4. The van der Waals surface area contributed by atoms with Crippen LogP contribution >= 0.6 is 23.2 Å². The molecular weight excluding hydrogens is 233 g/mol. The van der Waals surface area contributed by atoms with Crippen LogP contribution in [0.5, 0.6) is 0 Å². The molecule has 0 heterocycles. The van der Waals surface area contributed by atoms with Gasteiger partial charge < -0.3 is 10.1 Å². The first kappa shape index (κ1) is 12.8. The van der Waals surface area contributed by atoms with Crippen molar-refractivity contribution in [1.82, 2.24) is 5.32 Å². The molecule has 0 amide bonds. The van der Waals surface area contributed by atoms with Crippen LogP contribution in [0.15, 0.2) is 18.2 Å². The lowest BCUT2D eigenvalue weighted by molar-refractivity contribution is 0.178. The minimum atomic E-state index is 0.301. The molecule has 0 aromatic heterocycles. The minimum absolute atomic E-state index is 0.301. The highest BCUT2D eigenvalue weighted by molar-refractivity contribution is 6.42. The number of likely N-dealkylation sites (N-methyl/N-ethyl adjacent to an activating group) is 1. The van der Waals surface area contributed by atoms with Gasteiger partial charge in [0.25, 0.3) is 0 Å². The maximum absolute atomic E-state index is 5.97. The van der Waals surface area contributed by atoms with Gasteiger partial charge in [0, 0.05) is 19.6 Å². The zero-order chi connectivity index (χ0) is 11.3. The van der Waals surface area contributed by atoms with Crippen molar-refractivity contribution < 1.29 is 4.74 Å². The molecule has 1 unspecified atom stereocenters. The smallest absolute Gasteiger partial charge is 0.0595 e. The summed E-state index contributed by atoms with van der Waals surface area (Å²) in [4.78, 5) is 0. The van der Waals surface area contributed by atoms with Gasteiger partial charge >= 0.3 is 0 Å². The molecule has 0 fully saturated rings. The van der Waals surface area contributed by atoms with Crippen LogP contribution in [0.3, 0.4) is 0 Å². The van der Waals surface area contributed by atoms with Gasteiger partial charge in [-0.2, -0.15) is 0 Å². The summed E-state index contributed by atoms with van der Waals surface area (Å²) in [5, 5.41) is 4.30. The lowest BCUT2D eigenvalue weighted by Gasteiger charge is -2.16. The molecule has 0 aliphatic carbocycles. The second-order valence-electron chi connectivity index (χ2n) is 3.38. The maximum Gasteiger partial charge on any atom is 0.0595 e. The molecule has 0 radical (unpaired) electrons. The third-order valence-corrected chi connectivity index (χ3v) is 2.97. The third-order valence-electron chi connectivity index (χ3n) is 2.23. The first-order valence-electron chi connectivity index (χ1n) is 4.77. The standard InChI is InChI=1S/C11H15Cl2NO/c1-14-6-9(7-15-2)8-3-4-10(12)11(13)5-8/h3-5,9,14H,6-7H2,1-2H3. The topological polar surface area (TPSA) is 21.3 Å². The fourth-order valence-electron chi connectivity index (χ4n) is 1.49. The zero-order valence-electron chi connectivity index (χ0n) is 8.89. The van der Waals surface area contributed by atoms with Gasteiger partial charge in [-0.3, -0.25) is 0 Å². The molecule has 84 valence electrons. The highest BCUT2D eigenvalue weighted by atomic mass is 35.5. The van der Waals surface area contributed by atoms with E-state index in [1.807, 2.05) is 25.2 Å². The van der Waals surface area contributed by atoms with Gasteiger partial charge in [0.1, 0.15) is 0 Å². The quantitative estimate of drug-likeness (QED) is 0.864. The average Bonchev–Trinajstić information content (AvgIpc) is 2.22. The lowest BCUT2D eigenvalue weighted by Crippen LogP contribution is -2.20. The van der Waals surface area contributed by atoms with Crippen LogP contribution in [0.25, 0.3) is 0 Å². The number of nitrogens with one attached hydrogen (secondary N) is 1. The van der Waals surface area contributed by atoms with Crippen molar-refractivity contribution in [2.24, 2.45) is 0 Å². The lowest BCUT2D eigenvalue weighted by atomic mass is 10.00. The molecule has 4 heteroatoms. The molecule has 0 spiro atoms. The second kappa shape index (κ2) is 6.33. The monoisotopic (exact) mass is 247 g/mol. The van der Waals surface area contributed by atoms with Gasteiger partial charge in [-0.05, 0) is 24.7 Å². The van der Waals surface area contributed by atoms with Crippen molar-refractivity contribution in [2.45, 2.75) is 5.92 Å². The van der Waals surface area contributed by atoms with E-state index in [0.717, 1.165) is 12.1 Å². The Labute approximate surface area is 101 Å². The van der Waals surface area contributed by atoms with E-state index in [-0.39, 0.29) is 0 Å². The predicted molar refractivity (Wildman–Crippen MR) is 65.0 cm³/mol. The van der Waals surface area contributed by atoms with E-state index in [9.17, 15) is 0 Å². The number of hydrogen-bond acceptors (Lipinski definition) is 2. The molecule has 0 aliphatic rings. The van der Waals surface area contributed by atoms with Crippen LogP contribution in [0.4, 0.5) is 0 Å². The summed E-state index contributed by atoms with van der Waals surface area (Å²) in [6.45, 7) is 1.52. The van der Waals surface area contributed by atoms with E-state index >= 15 is 0 Å². The van der Waals surface area contributed by atoms with Gasteiger partial charge in [0.05, 0.1) is 16.7 Å². The molecule has 0 saturated carbocycles. The number of halogens is 2. The summed E-state index contributed by atoms with van der Waals surface area (Å²) in [6, 6.07) is 5.69. The van der Waals surface area contributed by atoms with Crippen molar-refractivity contribution in [2.75, 3.05) is 27.3 Å². The molecule has 1 aromatic carbocycles. The van der Waals surface area contributed by atoms with Gasteiger partial charge in [-0.1, -0.05) is 29.3 Å². The van der Waals surface area contributed by atoms with E-state index in [2.05, 4.69) is 5.32 Å². The Kier molecular flexibility index (Phi) is 5.40. The van der Waals surface area contributed by atoms with Crippen LogP contribution in [-0.4, -0.2) is 27.3 Å². The SMILES string of the molecule is CNCC(COC)c1ccc(Cl)c(Cl)c1. The minimum Gasteiger partial charge on any atom is -0.384 e. The van der Waals surface area contributed by atoms with E-state index < -0.39 is 0 Å². The highest BCUT2D eigenvalue weighted by Gasteiger charge is 2.11. The van der Waals surface area contributed by atoms with Crippen molar-refractivity contribution >= 4 is 23.2 Å². The largest absolute Gasteiger partial charge is 0.384 e. The first-order valence-corrected chi connectivity index (χ1v) is 5.53. The van der Waals surface area contributed by atoms with E-state index in [1.54, 1.807) is 7.11 Å². The van der Waals surface area contributed by atoms with E-state index in [1.165, 1.54) is 0 Å². The van der Waals surface area contributed by atoms with Gasteiger partial charge in [-0.15, -0.1) is 0 Å². The number of benzene rings is 1. The summed E-state index contributed by atoms with van der Waals surface area (Å²) < 4.78 is 5.16. The molecule has 0 aliphatic heterocycles. The summed E-state index contributed by atoms with van der Waals surface area (Å²) in [5.41, 5.74) is 1.14. The van der Waals surface area contributed by atoms with Gasteiger partial charge in [-0.25, -0.2) is 0 Å². The Hall–Kier alpha value is -0.280. The number of ether oxygens (including phenoxy) is 1. The molecule has 2 nitrogen and oxygen atoms in total. The Bertz CT molecular complexity index is 311. The number of rotatable bonds is 5. The molecular formula is C11H15Cl2NO. The van der Waals surface area contributed by atoms with Crippen LogP contribution < -0.4 is 5.32 Å². The van der Waals surface area contributed by atoms with Crippen molar-refractivity contribution in [1.29, 1.82) is 0 Å². The summed E-state index contributed by atoms with van der Waals surface area (Å²) >= 11 is 11.8. The Balaban J connectivity index is 2.85. The van der Waals surface area contributed by atoms with Gasteiger partial charge in [0.15, 0.2) is 0 Å². The summed E-state index contributed by atoms with van der Waals surface area (Å²) in [5.74, 6) is 0.301. The summed E-state index contributed by atoms with van der Waals surface area (Å²) in [6.07, 6.45) is 0. The molecule has 0 bridgehead atoms. The second-order valence-corrected chi connectivity index (χ2v) is 4.20. The van der Waals surface area contributed by atoms with Gasteiger partial charge in [0.2, 0.25) is 0 Å². The van der Waals surface area contributed by atoms with E-state index in [4.69, 9.17) is 27.9 Å². The Morgan fingerprint density at radius 1 is 1.33 bits per heavy atom. The predicted octanol–water partition coefficient (Wildman–Crippen LogP) is 2.94. The molecule has 1 aromatic rings. The van der Waals surface area contributed by atoms with Crippen LogP contribution in [0.1, 0.15) is 11.5 Å². The number of methoxy groups -OCH3 is 1. The fraction of sp³-hybridized carbons (Fsp3) is 0.455. The highest BCUT2D eigenvalue weighted by Crippen LogP contribution is 2.26. The summed E-state index contributed by atoms with van der Waals surface area (Å²) in [7, 11) is 3.61. The maximum atomic E-state index is 5.97. The van der Waals surface area contributed by atoms with Crippen molar-refractivity contribution in [3.8, 4) is 0 Å².